The number of hydrogen-bond acceptors (Lipinski definition) is 6. The highest BCUT2D eigenvalue weighted by Gasteiger charge is 2.33. The molecule has 1 aromatic heterocycles. The van der Waals surface area contributed by atoms with Gasteiger partial charge in [0.25, 0.3) is 0 Å². The summed E-state index contributed by atoms with van der Waals surface area (Å²) in [7, 11) is 0. The van der Waals surface area contributed by atoms with E-state index in [1.54, 1.807) is 6.07 Å². The van der Waals surface area contributed by atoms with Crippen molar-refractivity contribution in [3.8, 4) is 0 Å². The summed E-state index contributed by atoms with van der Waals surface area (Å²) >= 11 is 7.58. The summed E-state index contributed by atoms with van der Waals surface area (Å²) in [5.74, 6) is 1.54. The van der Waals surface area contributed by atoms with Crippen LogP contribution in [0.5, 0.6) is 0 Å². The van der Waals surface area contributed by atoms with Gasteiger partial charge in [-0.05, 0) is 26.2 Å². The third-order valence-corrected chi connectivity index (χ3v) is 7.58. The fourth-order valence-electron chi connectivity index (χ4n) is 4.65. The molecule has 1 aliphatic heterocycles. The van der Waals surface area contributed by atoms with Crippen LogP contribution in [0.1, 0.15) is 71.6 Å². The van der Waals surface area contributed by atoms with Crippen molar-refractivity contribution in [2.45, 2.75) is 82.8 Å². The Bertz CT molecular complexity index is 790. The standard InChI is InChI=1S/C24H38ClN5O2S/c1-3-4-5-9-12-26-22(31)17-33-24-27-20(25)15-21(28-24)29-13-14-30(18(2)16-29)23(32)19-10-7-6-8-11-19/h15,18-19H,3-14,16-17H2,1-2H3,(H,26,31). The van der Waals surface area contributed by atoms with E-state index in [-0.39, 0.29) is 23.6 Å². The van der Waals surface area contributed by atoms with Gasteiger partial charge >= 0.3 is 0 Å². The molecule has 1 aromatic rings. The largest absolute Gasteiger partial charge is 0.355 e. The topological polar surface area (TPSA) is 78.4 Å². The number of hydrogen-bond donors (Lipinski definition) is 1. The van der Waals surface area contributed by atoms with Gasteiger partial charge in [-0.15, -0.1) is 0 Å². The van der Waals surface area contributed by atoms with Crippen molar-refractivity contribution < 1.29 is 9.59 Å². The maximum Gasteiger partial charge on any atom is 0.230 e. The minimum atomic E-state index is -0.00918. The number of nitrogens with zero attached hydrogens (tertiary/aromatic N) is 4. The first-order chi connectivity index (χ1) is 16.0. The molecule has 0 spiro atoms. The van der Waals surface area contributed by atoms with Gasteiger partial charge in [0, 0.05) is 44.2 Å². The van der Waals surface area contributed by atoms with Crippen molar-refractivity contribution in [3.05, 3.63) is 11.2 Å². The lowest BCUT2D eigenvalue weighted by Crippen LogP contribution is -2.55. The van der Waals surface area contributed by atoms with E-state index >= 15 is 0 Å². The molecule has 1 aliphatic carbocycles. The number of nitrogens with one attached hydrogen (secondary N) is 1. The van der Waals surface area contributed by atoms with Crippen molar-refractivity contribution in [1.82, 2.24) is 20.2 Å². The van der Waals surface area contributed by atoms with Crippen LogP contribution >= 0.6 is 23.4 Å². The molecule has 0 aromatic carbocycles. The number of carbonyl (C=O) groups is 2. The van der Waals surface area contributed by atoms with Crippen molar-refractivity contribution in [1.29, 1.82) is 0 Å². The SMILES string of the molecule is CCCCCCNC(=O)CSc1nc(Cl)cc(N2CCN(C(=O)C3CCCCC3)C(C)C2)n1. The number of rotatable bonds is 10. The number of thioether (sulfide) groups is 1. The van der Waals surface area contributed by atoms with Crippen LogP contribution in [-0.4, -0.2) is 64.7 Å². The van der Waals surface area contributed by atoms with Crippen LogP contribution in [0.4, 0.5) is 5.82 Å². The molecule has 0 bridgehead atoms. The maximum absolute atomic E-state index is 13.0. The Morgan fingerprint density at radius 3 is 2.67 bits per heavy atom. The van der Waals surface area contributed by atoms with Crippen LogP contribution in [0, 0.1) is 5.92 Å². The van der Waals surface area contributed by atoms with E-state index in [1.165, 1.54) is 43.9 Å². The lowest BCUT2D eigenvalue weighted by Gasteiger charge is -2.42. The van der Waals surface area contributed by atoms with E-state index in [2.05, 4.69) is 38.9 Å². The van der Waals surface area contributed by atoms with E-state index in [0.29, 0.717) is 35.9 Å². The highest BCUT2D eigenvalue weighted by atomic mass is 35.5. The zero-order chi connectivity index (χ0) is 23.6. The number of carbonyl (C=O) groups excluding carboxylic acids is 2. The monoisotopic (exact) mass is 495 g/mol. The molecule has 2 amide bonds. The second kappa shape index (κ2) is 13.4. The highest BCUT2D eigenvalue weighted by molar-refractivity contribution is 7.99. The van der Waals surface area contributed by atoms with Crippen molar-refractivity contribution in [2.75, 3.05) is 36.8 Å². The molecule has 2 fully saturated rings. The van der Waals surface area contributed by atoms with Gasteiger partial charge in [0.05, 0.1) is 5.75 Å². The van der Waals surface area contributed by atoms with E-state index in [4.69, 9.17) is 11.6 Å². The Morgan fingerprint density at radius 2 is 1.94 bits per heavy atom. The molecule has 2 heterocycles. The third kappa shape index (κ3) is 8.02. The second-order valence-corrected chi connectivity index (χ2v) is 10.5. The average molecular weight is 496 g/mol. The summed E-state index contributed by atoms with van der Waals surface area (Å²) in [6, 6.07) is 1.89. The number of aromatic nitrogens is 2. The first kappa shape index (κ1) is 26.1. The van der Waals surface area contributed by atoms with Crippen molar-refractivity contribution in [3.63, 3.8) is 0 Å². The molecule has 1 N–H and O–H groups in total. The summed E-state index contributed by atoms with van der Waals surface area (Å²) in [6.45, 7) is 7.12. The summed E-state index contributed by atoms with van der Waals surface area (Å²) in [6.07, 6.45) is 10.2. The number of amides is 2. The summed E-state index contributed by atoms with van der Waals surface area (Å²) in [5, 5.41) is 3.83. The summed E-state index contributed by atoms with van der Waals surface area (Å²) < 4.78 is 0. The van der Waals surface area contributed by atoms with Crippen LogP contribution in [0.25, 0.3) is 0 Å². The fourth-order valence-corrected chi connectivity index (χ4v) is 5.56. The summed E-state index contributed by atoms with van der Waals surface area (Å²) in [4.78, 5) is 38.3. The van der Waals surface area contributed by atoms with Gasteiger partial charge < -0.3 is 15.1 Å². The lowest BCUT2D eigenvalue weighted by atomic mass is 9.88. The molecular formula is C24H38ClN5O2S. The Balaban J connectivity index is 1.51. The highest BCUT2D eigenvalue weighted by Crippen LogP contribution is 2.28. The molecule has 3 rings (SSSR count). The predicted octanol–water partition coefficient (Wildman–Crippen LogP) is 4.54. The molecule has 1 atom stereocenters. The van der Waals surface area contributed by atoms with Gasteiger partial charge in [-0.1, -0.05) is 68.8 Å². The maximum atomic E-state index is 13.0. The van der Waals surface area contributed by atoms with E-state index < -0.39 is 0 Å². The lowest BCUT2D eigenvalue weighted by molar-refractivity contribution is -0.139. The van der Waals surface area contributed by atoms with Crippen LogP contribution in [0.3, 0.4) is 0 Å². The quantitative estimate of drug-likeness (QED) is 0.222. The molecule has 7 nitrogen and oxygen atoms in total. The number of anilines is 1. The molecule has 1 saturated carbocycles. The van der Waals surface area contributed by atoms with Crippen LogP contribution in [0.15, 0.2) is 11.2 Å². The van der Waals surface area contributed by atoms with E-state index in [9.17, 15) is 9.59 Å². The molecule has 1 saturated heterocycles. The molecule has 33 heavy (non-hydrogen) atoms. The molecule has 1 unspecified atom stereocenters. The number of unbranched alkanes of at least 4 members (excludes halogenated alkanes) is 3. The van der Waals surface area contributed by atoms with E-state index in [1.807, 2.05) is 0 Å². The number of piperazine rings is 1. The van der Waals surface area contributed by atoms with Gasteiger partial charge in [0.15, 0.2) is 5.16 Å². The fraction of sp³-hybridized carbons (Fsp3) is 0.750. The van der Waals surface area contributed by atoms with Gasteiger partial charge in [-0.25, -0.2) is 9.97 Å². The Morgan fingerprint density at radius 1 is 1.15 bits per heavy atom. The zero-order valence-electron chi connectivity index (χ0n) is 20.0. The average Bonchev–Trinajstić information content (AvgIpc) is 2.82. The molecule has 0 radical (unpaired) electrons. The summed E-state index contributed by atoms with van der Waals surface area (Å²) in [5.41, 5.74) is 0. The van der Waals surface area contributed by atoms with Crippen LogP contribution in [0.2, 0.25) is 5.15 Å². The Kier molecular flexibility index (Phi) is 10.6. The van der Waals surface area contributed by atoms with Crippen molar-refractivity contribution in [2.24, 2.45) is 5.92 Å². The Hall–Kier alpha value is -1.54. The Labute approximate surface area is 207 Å². The van der Waals surface area contributed by atoms with Crippen LogP contribution < -0.4 is 10.2 Å². The third-order valence-electron chi connectivity index (χ3n) is 6.53. The van der Waals surface area contributed by atoms with Crippen LogP contribution in [-0.2, 0) is 9.59 Å². The second-order valence-electron chi connectivity index (χ2n) is 9.19. The van der Waals surface area contributed by atoms with E-state index in [0.717, 1.165) is 38.0 Å². The van der Waals surface area contributed by atoms with Crippen molar-refractivity contribution >= 4 is 41.0 Å². The smallest absolute Gasteiger partial charge is 0.230 e. The van der Waals surface area contributed by atoms with Gasteiger partial charge in [0.1, 0.15) is 11.0 Å². The van der Waals surface area contributed by atoms with Gasteiger partial charge in [-0.3, -0.25) is 9.59 Å². The minimum absolute atomic E-state index is 0.00918. The number of halogens is 1. The van der Waals surface area contributed by atoms with Gasteiger partial charge in [0.2, 0.25) is 11.8 Å². The predicted molar refractivity (Wildman–Crippen MR) is 135 cm³/mol. The van der Waals surface area contributed by atoms with Gasteiger partial charge in [-0.2, -0.15) is 0 Å². The molecule has 184 valence electrons. The molecule has 2 aliphatic rings. The molecular weight excluding hydrogens is 458 g/mol. The zero-order valence-corrected chi connectivity index (χ0v) is 21.6. The normalized spacial score (nSPS) is 19.5. The first-order valence-electron chi connectivity index (χ1n) is 12.5. The molecule has 9 heteroatoms. The first-order valence-corrected chi connectivity index (χ1v) is 13.8. The minimum Gasteiger partial charge on any atom is -0.355 e.